The molecule has 0 saturated heterocycles. The van der Waals surface area contributed by atoms with E-state index >= 15 is 0 Å². The predicted octanol–water partition coefficient (Wildman–Crippen LogP) is 12.5. The van der Waals surface area contributed by atoms with Gasteiger partial charge in [-0.1, -0.05) is 91.0 Å². The maximum Gasteiger partial charge on any atom is 0.416 e. The van der Waals surface area contributed by atoms with Gasteiger partial charge in [-0.05, 0) is 54.6 Å². The lowest BCUT2D eigenvalue weighted by atomic mass is 10.2. The zero-order valence-corrected chi connectivity index (χ0v) is 33.6. The molecule has 6 aromatic carbocycles. The fourth-order valence-corrected chi connectivity index (χ4v) is 8.08. The first-order valence-corrected chi connectivity index (χ1v) is 20.2. The Morgan fingerprint density at radius 1 is 0.359 bits per heavy atom. The summed E-state index contributed by atoms with van der Waals surface area (Å²) in [5, 5.41) is 0. The summed E-state index contributed by atoms with van der Waals surface area (Å²) >= 11 is 0. The Morgan fingerprint density at radius 3 is 0.875 bits per heavy atom. The van der Waals surface area contributed by atoms with Crippen LogP contribution in [-0.2, 0) is 38.2 Å². The predicted molar refractivity (Wildman–Crippen MR) is 227 cm³/mol. The molecule has 0 unspecified atom stereocenters. The van der Waals surface area contributed by atoms with Crippen LogP contribution in [0, 0.1) is 0 Å². The van der Waals surface area contributed by atoms with Crippen LogP contribution in [0.4, 0.5) is 39.5 Å². The molecule has 9 rings (SSSR count). The molecule has 326 valence electrons. The molecular formula is C48H36F9N7. The van der Waals surface area contributed by atoms with Crippen molar-refractivity contribution in [2.24, 2.45) is 0 Å². The van der Waals surface area contributed by atoms with Crippen LogP contribution in [0.3, 0.4) is 0 Å². The summed E-state index contributed by atoms with van der Waals surface area (Å²) < 4.78 is 130. The van der Waals surface area contributed by atoms with Crippen LogP contribution < -0.4 is 0 Å². The third-order valence-electron chi connectivity index (χ3n) is 11.2. The van der Waals surface area contributed by atoms with Crippen molar-refractivity contribution in [3.8, 4) is 34.2 Å². The van der Waals surface area contributed by atoms with Crippen molar-refractivity contribution in [1.82, 2.24) is 33.6 Å². The lowest BCUT2D eigenvalue weighted by Gasteiger charge is -2.25. The molecule has 64 heavy (non-hydrogen) atoms. The van der Waals surface area contributed by atoms with Crippen molar-refractivity contribution in [2.75, 3.05) is 19.6 Å². The van der Waals surface area contributed by atoms with Crippen molar-refractivity contribution >= 4 is 33.1 Å². The lowest BCUT2D eigenvalue weighted by Crippen LogP contribution is -2.34. The first-order chi connectivity index (χ1) is 30.6. The van der Waals surface area contributed by atoms with Crippen molar-refractivity contribution in [1.29, 1.82) is 0 Å². The van der Waals surface area contributed by atoms with Crippen molar-refractivity contribution < 1.29 is 39.5 Å². The van der Waals surface area contributed by atoms with E-state index in [0.29, 0.717) is 70.3 Å². The number of hydrogen-bond donors (Lipinski definition) is 0. The zero-order valence-electron chi connectivity index (χ0n) is 33.6. The van der Waals surface area contributed by atoms with E-state index in [-0.39, 0.29) is 36.2 Å². The minimum atomic E-state index is -4.59. The summed E-state index contributed by atoms with van der Waals surface area (Å²) in [4.78, 5) is 16.1. The van der Waals surface area contributed by atoms with E-state index in [1.807, 2.05) is 68.3 Å². The number of alkyl halides is 9. The quantitative estimate of drug-likeness (QED) is 0.115. The second kappa shape index (κ2) is 16.6. The van der Waals surface area contributed by atoms with Crippen LogP contribution in [0.25, 0.3) is 67.3 Å². The maximum atomic E-state index is 13.9. The number of rotatable bonds is 12. The van der Waals surface area contributed by atoms with E-state index in [2.05, 4.69) is 19.9 Å². The zero-order chi connectivity index (χ0) is 44.8. The van der Waals surface area contributed by atoms with E-state index in [4.69, 9.17) is 0 Å². The van der Waals surface area contributed by atoms with Gasteiger partial charge in [0.15, 0.2) is 0 Å². The fraction of sp³-hybridized carbons (Fsp3) is 0.188. The molecule has 9 aromatic rings. The van der Waals surface area contributed by atoms with Gasteiger partial charge in [0.1, 0.15) is 17.5 Å². The number of hydrogen-bond acceptors (Lipinski definition) is 4. The minimum absolute atomic E-state index is 0.159. The average molecular weight is 882 g/mol. The molecule has 0 spiro atoms. The number of nitrogens with zero attached hydrogens (tertiary/aromatic N) is 7. The second-order valence-electron chi connectivity index (χ2n) is 15.3. The van der Waals surface area contributed by atoms with Gasteiger partial charge in [-0.25, -0.2) is 15.0 Å². The van der Waals surface area contributed by atoms with E-state index < -0.39 is 35.2 Å². The van der Waals surface area contributed by atoms with Gasteiger partial charge in [-0.3, -0.25) is 4.90 Å². The topological polar surface area (TPSA) is 56.7 Å². The normalized spacial score (nSPS) is 12.7. The van der Waals surface area contributed by atoms with Gasteiger partial charge in [0.25, 0.3) is 0 Å². The third-order valence-corrected chi connectivity index (χ3v) is 11.2. The van der Waals surface area contributed by atoms with E-state index in [0.717, 1.165) is 36.4 Å². The monoisotopic (exact) mass is 881 g/mol. The Labute approximate surface area is 359 Å². The molecule has 16 heteroatoms. The van der Waals surface area contributed by atoms with E-state index in [1.54, 1.807) is 36.4 Å². The first kappa shape index (κ1) is 42.4. The molecule has 7 nitrogen and oxygen atoms in total. The van der Waals surface area contributed by atoms with Gasteiger partial charge < -0.3 is 13.7 Å². The molecule has 0 aliphatic heterocycles. The van der Waals surface area contributed by atoms with Crippen LogP contribution in [0.15, 0.2) is 146 Å². The highest BCUT2D eigenvalue weighted by atomic mass is 19.4. The van der Waals surface area contributed by atoms with Crippen LogP contribution in [0.1, 0.15) is 16.7 Å². The highest BCUT2D eigenvalue weighted by molar-refractivity contribution is 5.83. The highest BCUT2D eigenvalue weighted by Gasteiger charge is 2.33. The Kier molecular flexibility index (Phi) is 11.0. The number of halogens is 9. The molecule has 0 bridgehead atoms. The smallest absolute Gasteiger partial charge is 0.323 e. The number of fused-ring (bicyclic) bond motifs is 3. The third kappa shape index (κ3) is 8.57. The molecule has 0 fully saturated rings. The first-order valence-electron chi connectivity index (χ1n) is 20.2. The number of imidazole rings is 3. The van der Waals surface area contributed by atoms with Crippen LogP contribution >= 0.6 is 0 Å². The molecule has 0 saturated carbocycles. The van der Waals surface area contributed by atoms with Crippen molar-refractivity contribution in [3.63, 3.8) is 0 Å². The summed E-state index contributed by atoms with van der Waals surface area (Å²) in [7, 11) is 0. The summed E-state index contributed by atoms with van der Waals surface area (Å²) in [6.07, 6.45) is -13.8. The largest absolute Gasteiger partial charge is 0.416 e. The molecule has 0 aliphatic carbocycles. The van der Waals surface area contributed by atoms with Crippen molar-refractivity contribution in [2.45, 2.75) is 38.2 Å². The van der Waals surface area contributed by atoms with E-state index in [9.17, 15) is 39.5 Å². The highest BCUT2D eigenvalue weighted by Crippen LogP contribution is 2.36. The summed E-state index contributed by atoms with van der Waals surface area (Å²) in [5.74, 6) is 1.36. The van der Waals surface area contributed by atoms with Crippen LogP contribution in [0.5, 0.6) is 0 Å². The minimum Gasteiger partial charge on any atom is -0.323 e. The Morgan fingerprint density at radius 2 is 0.625 bits per heavy atom. The molecule has 0 N–H and O–H groups in total. The molecule has 3 heterocycles. The molecule has 0 atom stereocenters. The standard InChI is InChI=1S/C48H36F9N7/c49-46(50,51)34-16-19-40-37(28-34)58-43(31-10-4-1-5-11-31)62(40)25-22-61(23-26-63-41-20-17-35(47(52,53)54)29-38(41)59-44(63)32-12-6-2-7-13-32)24-27-64-42-21-18-36(48(55,56)57)30-39(42)60-45(64)33-14-8-3-9-15-33/h1-21,28-30H,22-27H2. The van der Waals surface area contributed by atoms with Crippen LogP contribution in [0.2, 0.25) is 0 Å². The lowest BCUT2D eigenvalue weighted by molar-refractivity contribution is -0.138. The molecular weight excluding hydrogens is 846 g/mol. The van der Waals surface area contributed by atoms with E-state index in [1.165, 1.54) is 18.2 Å². The Hall–Kier alpha value is -6.94. The summed E-state index contributed by atoms with van der Waals surface area (Å²) in [5.41, 5.74) is 1.46. The number of aromatic nitrogens is 6. The van der Waals surface area contributed by atoms with Gasteiger partial charge in [0.05, 0.1) is 49.8 Å². The molecule has 0 aliphatic rings. The van der Waals surface area contributed by atoms with Gasteiger partial charge in [-0.15, -0.1) is 0 Å². The SMILES string of the molecule is FC(F)(F)c1ccc2c(c1)nc(-c1ccccc1)n2CCN(CCn1c(-c2ccccc2)nc2cc(C(F)(F)F)ccc21)CCn1c(-c2ccccc2)nc2cc(C(F)(F)F)ccc21. The Balaban J connectivity index is 1.12. The second-order valence-corrected chi connectivity index (χ2v) is 15.3. The summed E-state index contributed by atoms with van der Waals surface area (Å²) in [6, 6.07) is 37.5. The van der Waals surface area contributed by atoms with Crippen LogP contribution in [-0.4, -0.2) is 53.2 Å². The fourth-order valence-electron chi connectivity index (χ4n) is 8.08. The Bertz CT molecular complexity index is 2750. The molecule has 3 aromatic heterocycles. The number of benzene rings is 6. The summed E-state index contributed by atoms with van der Waals surface area (Å²) in [6.45, 7) is 1.68. The molecule has 0 radical (unpaired) electrons. The van der Waals surface area contributed by atoms with Gasteiger partial charge in [0, 0.05) is 56.0 Å². The van der Waals surface area contributed by atoms with Crippen molar-refractivity contribution in [3.05, 3.63) is 162 Å². The van der Waals surface area contributed by atoms with Gasteiger partial charge in [-0.2, -0.15) is 39.5 Å². The van der Waals surface area contributed by atoms with Gasteiger partial charge >= 0.3 is 18.5 Å². The van der Waals surface area contributed by atoms with Gasteiger partial charge in [0.2, 0.25) is 0 Å². The molecule has 0 amide bonds. The average Bonchev–Trinajstić information content (AvgIpc) is 3.96. The maximum absolute atomic E-state index is 13.9.